The van der Waals surface area contributed by atoms with Crippen molar-refractivity contribution in [1.82, 2.24) is 15.1 Å². The lowest BCUT2D eigenvalue weighted by Gasteiger charge is -2.20. The monoisotopic (exact) mass is 285 g/mol. The van der Waals surface area contributed by atoms with Gasteiger partial charge in [-0.2, -0.15) is 5.10 Å². The third-order valence-corrected chi connectivity index (χ3v) is 4.12. The van der Waals surface area contributed by atoms with Crippen LogP contribution in [0.3, 0.4) is 0 Å². The molecule has 0 saturated heterocycles. The van der Waals surface area contributed by atoms with Gasteiger partial charge in [-0.05, 0) is 56.8 Å². The summed E-state index contributed by atoms with van der Waals surface area (Å²) in [4.78, 5) is 0. The number of benzene rings is 1. The van der Waals surface area contributed by atoms with Crippen LogP contribution >= 0.6 is 0 Å². The molecule has 3 nitrogen and oxygen atoms in total. The highest BCUT2D eigenvalue weighted by molar-refractivity contribution is 5.35. The largest absolute Gasteiger partial charge is 0.310 e. The van der Waals surface area contributed by atoms with E-state index < -0.39 is 0 Å². The Morgan fingerprint density at radius 2 is 1.86 bits per heavy atom. The van der Waals surface area contributed by atoms with Gasteiger partial charge in [0.15, 0.2) is 0 Å². The Labute approximate surface area is 128 Å². The zero-order chi connectivity index (χ0) is 15.4. The lowest BCUT2D eigenvalue weighted by atomic mass is 9.93. The van der Waals surface area contributed by atoms with E-state index in [1.54, 1.807) is 0 Å². The van der Waals surface area contributed by atoms with Crippen LogP contribution in [0.5, 0.6) is 0 Å². The van der Waals surface area contributed by atoms with Crippen molar-refractivity contribution in [2.75, 3.05) is 6.54 Å². The predicted octanol–water partition coefficient (Wildman–Crippen LogP) is 3.63. The quantitative estimate of drug-likeness (QED) is 0.878. The number of nitrogens with zero attached hydrogens (tertiary/aromatic N) is 2. The first-order valence-corrected chi connectivity index (χ1v) is 7.81. The molecule has 1 aromatic heterocycles. The van der Waals surface area contributed by atoms with Crippen molar-refractivity contribution in [2.24, 2.45) is 7.05 Å². The number of aryl methyl sites for hydroxylation is 4. The summed E-state index contributed by atoms with van der Waals surface area (Å²) in [7, 11) is 1.99. The SMILES string of the molecule is CCCNC(Cc1c(C)cccc1C)c1cn(C)nc1C. The van der Waals surface area contributed by atoms with Gasteiger partial charge in [0.25, 0.3) is 0 Å². The number of nitrogens with one attached hydrogen (secondary N) is 1. The van der Waals surface area contributed by atoms with Crippen molar-refractivity contribution in [1.29, 1.82) is 0 Å². The maximum atomic E-state index is 4.50. The van der Waals surface area contributed by atoms with E-state index in [-0.39, 0.29) is 0 Å². The van der Waals surface area contributed by atoms with Gasteiger partial charge in [0.1, 0.15) is 0 Å². The van der Waals surface area contributed by atoms with E-state index in [4.69, 9.17) is 0 Å². The fourth-order valence-corrected chi connectivity index (χ4v) is 2.95. The van der Waals surface area contributed by atoms with E-state index in [9.17, 15) is 0 Å². The van der Waals surface area contributed by atoms with E-state index >= 15 is 0 Å². The molecule has 1 atom stereocenters. The van der Waals surface area contributed by atoms with Crippen LogP contribution in [0, 0.1) is 20.8 Å². The molecule has 0 aliphatic rings. The molecule has 0 fully saturated rings. The van der Waals surface area contributed by atoms with Gasteiger partial charge in [-0.25, -0.2) is 0 Å². The van der Waals surface area contributed by atoms with Gasteiger partial charge in [0.2, 0.25) is 0 Å². The minimum Gasteiger partial charge on any atom is -0.310 e. The van der Waals surface area contributed by atoms with Crippen molar-refractivity contribution in [2.45, 2.75) is 46.6 Å². The lowest BCUT2D eigenvalue weighted by Crippen LogP contribution is -2.25. The molecule has 0 aliphatic heterocycles. The minimum atomic E-state index is 0.332. The first kappa shape index (κ1) is 15.8. The number of rotatable bonds is 6. The highest BCUT2D eigenvalue weighted by Gasteiger charge is 2.18. The molecular weight excluding hydrogens is 258 g/mol. The Morgan fingerprint density at radius 3 is 2.38 bits per heavy atom. The summed E-state index contributed by atoms with van der Waals surface area (Å²) >= 11 is 0. The molecule has 0 amide bonds. The van der Waals surface area contributed by atoms with Crippen LogP contribution < -0.4 is 5.32 Å². The van der Waals surface area contributed by atoms with Gasteiger partial charge in [-0.3, -0.25) is 4.68 Å². The molecule has 1 N–H and O–H groups in total. The molecule has 0 bridgehead atoms. The van der Waals surface area contributed by atoms with Crippen molar-refractivity contribution < 1.29 is 0 Å². The molecule has 21 heavy (non-hydrogen) atoms. The van der Waals surface area contributed by atoms with Crippen LogP contribution in [0.25, 0.3) is 0 Å². The molecule has 0 spiro atoms. The van der Waals surface area contributed by atoms with Crippen molar-refractivity contribution in [3.05, 3.63) is 52.3 Å². The highest BCUT2D eigenvalue weighted by atomic mass is 15.3. The van der Waals surface area contributed by atoms with Crippen molar-refractivity contribution in [3.63, 3.8) is 0 Å². The van der Waals surface area contributed by atoms with Crippen LogP contribution in [-0.2, 0) is 13.5 Å². The summed E-state index contributed by atoms with van der Waals surface area (Å²) in [5.41, 5.74) is 6.64. The molecule has 3 heteroatoms. The van der Waals surface area contributed by atoms with Gasteiger partial charge in [-0.15, -0.1) is 0 Å². The van der Waals surface area contributed by atoms with Crippen LogP contribution in [0.4, 0.5) is 0 Å². The lowest BCUT2D eigenvalue weighted by molar-refractivity contribution is 0.525. The zero-order valence-electron chi connectivity index (χ0n) is 13.9. The molecule has 0 saturated carbocycles. The molecule has 114 valence electrons. The molecule has 1 heterocycles. The minimum absolute atomic E-state index is 0.332. The maximum absolute atomic E-state index is 4.50. The van der Waals surface area contributed by atoms with Gasteiger partial charge in [0.05, 0.1) is 5.69 Å². The first-order chi connectivity index (χ1) is 10.0. The third kappa shape index (κ3) is 3.73. The molecule has 2 aromatic rings. The van der Waals surface area contributed by atoms with Crippen LogP contribution in [-0.4, -0.2) is 16.3 Å². The summed E-state index contributed by atoms with van der Waals surface area (Å²) in [6.45, 7) is 9.74. The first-order valence-electron chi connectivity index (χ1n) is 7.81. The third-order valence-electron chi connectivity index (χ3n) is 4.12. The van der Waals surface area contributed by atoms with Crippen LogP contribution in [0.2, 0.25) is 0 Å². The number of hydrogen-bond acceptors (Lipinski definition) is 2. The summed E-state index contributed by atoms with van der Waals surface area (Å²) in [5, 5.41) is 8.19. The van der Waals surface area contributed by atoms with Gasteiger partial charge < -0.3 is 5.32 Å². The summed E-state index contributed by atoms with van der Waals surface area (Å²) in [6, 6.07) is 6.88. The second-order valence-electron chi connectivity index (χ2n) is 5.92. The zero-order valence-corrected chi connectivity index (χ0v) is 13.9. The molecule has 2 rings (SSSR count). The predicted molar refractivity (Wildman–Crippen MR) is 88.6 cm³/mol. The standard InChI is InChI=1S/C18H27N3/c1-6-10-19-18(17-12-21(5)20-15(17)4)11-16-13(2)8-7-9-14(16)3/h7-9,12,18-19H,6,10-11H2,1-5H3. The van der Waals surface area contributed by atoms with Crippen molar-refractivity contribution in [3.8, 4) is 0 Å². The molecular formula is C18H27N3. The van der Waals surface area contributed by atoms with Crippen LogP contribution in [0.15, 0.2) is 24.4 Å². The fourth-order valence-electron chi connectivity index (χ4n) is 2.95. The highest BCUT2D eigenvalue weighted by Crippen LogP contribution is 2.24. The van der Waals surface area contributed by atoms with Crippen molar-refractivity contribution >= 4 is 0 Å². The topological polar surface area (TPSA) is 29.9 Å². The molecule has 0 radical (unpaired) electrons. The maximum Gasteiger partial charge on any atom is 0.0641 e. The van der Waals surface area contributed by atoms with Crippen LogP contribution in [0.1, 0.15) is 47.3 Å². The Balaban J connectivity index is 2.30. The van der Waals surface area contributed by atoms with E-state index in [2.05, 4.69) is 62.5 Å². The second kappa shape index (κ2) is 6.90. The smallest absolute Gasteiger partial charge is 0.0641 e. The molecule has 1 aromatic carbocycles. The number of hydrogen-bond donors (Lipinski definition) is 1. The van der Waals surface area contributed by atoms with Gasteiger partial charge >= 0.3 is 0 Å². The Bertz CT molecular complexity index is 578. The summed E-state index contributed by atoms with van der Waals surface area (Å²) in [5.74, 6) is 0. The normalized spacial score (nSPS) is 12.6. The fraction of sp³-hybridized carbons (Fsp3) is 0.500. The van der Waals surface area contributed by atoms with E-state index in [0.29, 0.717) is 6.04 Å². The number of aromatic nitrogens is 2. The average Bonchev–Trinajstić information content (AvgIpc) is 2.76. The van der Waals surface area contributed by atoms with E-state index in [1.165, 1.54) is 22.3 Å². The van der Waals surface area contributed by atoms with E-state index in [0.717, 1.165) is 25.1 Å². The Kier molecular flexibility index (Phi) is 5.18. The Morgan fingerprint density at radius 1 is 1.19 bits per heavy atom. The van der Waals surface area contributed by atoms with E-state index in [1.807, 2.05) is 11.7 Å². The molecule has 0 aliphatic carbocycles. The average molecular weight is 285 g/mol. The summed E-state index contributed by atoms with van der Waals surface area (Å²) in [6.07, 6.45) is 4.31. The second-order valence-corrected chi connectivity index (χ2v) is 5.92. The Hall–Kier alpha value is -1.61. The molecule has 1 unspecified atom stereocenters. The summed E-state index contributed by atoms with van der Waals surface area (Å²) < 4.78 is 1.91. The van der Waals surface area contributed by atoms with Gasteiger partial charge in [0, 0.05) is 24.8 Å². The van der Waals surface area contributed by atoms with Gasteiger partial charge in [-0.1, -0.05) is 25.1 Å².